The number of ether oxygens (including phenoxy) is 1. The molecule has 1 aromatic heterocycles. The van der Waals surface area contributed by atoms with Gasteiger partial charge in [0, 0.05) is 5.38 Å². The first-order chi connectivity index (χ1) is 9.60. The molecule has 0 aliphatic heterocycles. The van der Waals surface area contributed by atoms with Crippen molar-refractivity contribution in [3.63, 3.8) is 0 Å². The number of nitrogens with two attached hydrogens (primary N) is 1. The summed E-state index contributed by atoms with van der Waals surface area (Å²) in [7, 11) is 0. The summed E-state index contributed by atoms with van der Waals surface area (Å²) >= 11 is 1.05. The Kier molecular flexibility index (Phi) is 5.03. The number of hydrogen-bond acceptors (Lipinski definition) is 8. The fourth-order valence-corrected chi connectivity index (χ4v) is 1.61. The second-order valence-electron chi connectivity index (χ2n) is 4.83. The molecule has 0 aliphatic rings. The van der Waals surface area contributed by atoms with Crippen molar-refractivity contribution in [3.8, 4) is 0 Å². The highest BCUT2D eigenvalue weighted by Crippen LogP contribution is 2.14. The van der Waals surface area contributed by atoms with E-state index in [2.05, 4.69) is 16.7 Å². The van der Waals surface area contributed by atoms with Crippen molar-refractivity contribution in [2.75, 3.05) is 5.73 Å². The minimum Gasteiger partial charge on any atom is -0.476 e. The molecular weight excluding hydrogens is 298 g/mol. The van der Waals surface area contributed by atoms with Crippen LogP contribution in [0.25, 0.3) is 0 Å². The third-order valence-electron chi connectivity index (χ3n) is 1.84. The number of oxime groups is 1. The zero-order valence-electron chi connectivity index (χ0n) is 11.7. The van der Waals surface area contributed by atoms with Crippen molar-refractivity contribution in [1.29, 1.82) is 0 Å². The van der Waals surface area contributed by atoms with Crippen LogP contribution in [0.5, 0.6) is 0 Å². The quantitative estimate of drug-likeness (QED) is 0.277. The molecule has 1 heterocycles. The van der Waals surface area contributed by atoms with Crippen molar-refractivity contribution in [2.45, 2.75) is 26.4 Å². The monoisotopic (exact) mass is 313 g/mol. The molecule has 0 spiro atoms. The van der Waals surface area contributed by atoms with Gasteiger partial charge in [0.05, 0.1) is 0 Å². The van der Waals surface area contributed by atoms with Gasteiger partial charge < -0.3 is 20.4 Å². The Morgan fingerprint density at radius 3 is 2.52 bits per heavy atom. The number of carbonyl (C=O) groups excluding carboxylic acids is 1. The van der Waals surface area contributed by atoms with E-state index in [1.54, 1.807) is 20.8 Å². The van der Waals surface area contributed by atoms with Crippen LogP contribution in [0.3, 0.4) is 0 Å². The Labute approximate surface area is 124 Å². The van der Waals surface area contributed by atoms with Crippen molar-refractivity contribution in [3.05, 3.63) is 23.4 Å². The lowest BCUT2D eigenvalue weighted by Gasteiger charge is -2.19. The highest BCUT2D eigenvalue weighted by atomic mass is 32.1. The van der Waals surface area contributed by atoms with Gasteiger partial charge in [0.2, 0.25) is 11.5 Å². The molecule has 114 valence electrons. The lowest BCUT2D eigenvalue weighted by Crippen LogP contribution is -2.25. The first-order valence-electron chi connectivity index (χ1n) is 5.72. The molecule has 0 aromatic carbocycles. The van der Waals surface area contributed by atoms with Crippen LogP contribution < -0.4 is 5.73 Å². The zero-order valence-corrected chi connectivity index (χ0v) is 12.6. The number of nitrogens with zero attached hydrogens (tertiary/aromatic N) is 2. The molecule has 8 nitrogen and oxygen atoms in total. The molecule has 0 fully saturated rings. The molecule has 0 atom stereocenters. The second kappa shape index (κ2) is 6.35. The molecule has 0 saturated heterocycles. The van der Waals surface area contributed by atoms with Gasteiger partial charge in [-0.2, -0.15) is 0 Å². The molecule has 0 unspecified atom stereocenters. The van der Waals surface area contributed by atoms with Crippen LogP contribution in [0.2, 0.25) is 0 Å². The Morgan fingerprint density at radius 1 is 1.48 bits per heavy atom. The van der Waals surface area contributed by atoms with Crippen molar-refractivity contribution >= 4 is 34.1 Å². The van der Waals surface area contributed by atoms with E-state index in [-0.39, 0.29) is 10.8 Å². The molecule has 3 N–H and O–H groups in total. The van der Waals surface area contributed by atoms with Gasteiger partial charge in [-0.1, -0.05) is 5.16 Å². The maximum atomic E-state index is 11.6. The number of nitrogen functional groups attached to an aromatic ring is 1. The topological polar surface area (TPSA) is 124 Å². The number of carbonyl (C=O) groups is 2. The molecule has 0 aliphatic carbocycles. The van der Waals surface area contributed by atoms with Crippen LogP contribution in [-0.4, -0.2) is 33.3 Å². The zero-order chi connectivity index (χ0) is 16.2. The van der Waals surface area contributed by atoms with E-state index in [9.17, 15) is 9.59 Å². The smallest absolute Gasteiger partial charge is 0.376 e. The van der Waals surface area contributed by atoms with Crippen LogP contribution in [-0.2, 0) is 19.2 Å². The number of aliphatic carboxylic acids is 1. The van der Waals surface area contributed by atoms with E-state index in [0.29, 0.717) is 0 Å². The Balaban J connectivity index is 2.82. The summed E-state index contributed by atoms with van der Waals surface area (Å²) in [6.07, 6.45) is 0. The SMILES string of the molecule is C=C(O/N=C(\C(=O)O)c1csc(N)n1)C(=O)OC(C)(C)C. The summed E-state index contributed by atoms with van der Waals surface area (Å²) in [5.74, 6) is -2.65. The average Bonchev–Trinajstić information content (AvgIpc) is 2.73. The molecule has 1 rings (SSSR count). The van der Waals surface area contributed by atoms with Gasteiger partial charge in [-0.25, -0.2) is 14.6 Å². The third-order valence-corrected chi connectivity index (χ3v) is 2.51. The minimum atomic E-state index is -1.38. The van der Waals surface area contributed by atoms with Gasteiger partial charge in [-0.05, 0) is 27.4 Å². The number of aromatic nitrogens is 1. The van der Waals surface area contributed by atoms with E-state index in [4.69, 9.17) is 20.4 Å². The van der Waals surface area contributed by atoms with Crippen molar-refractivity contribution in [1.82, 2.24) is 4.98 Å². The van der Waals surface area contributed by atoms with Crippen molar-refractivity contribution in [2.24, 2.45) is 5.16 Å². The second-order valence-corrected chi connectivity index (χ2v) is 5.72. The normalized spacial score (nSPS) is 11.9. The molecule has 0 bridgehead atoms. The van der Waals surface area contributed by atoms with E-state index < -0.39 is 29.0 Å². The maximum Gasteiger partial charge on any atom is 0.376 e. The number of rotatable bonds is 5. The van der Waals surface area contributed by atoms with Gasteiger partial charge in [-0.15, -0.1) is 11.3 Å². The maximum absolute atomic E-state index is 11.6. The van der Waals surface area contributed by atoms with Crippen LogP contribution in [0.1, 0.15) is 26.5 Å². The summed E-state index contributed by atoms with van der Waals surface area (Å²) < 4.78 is 4.99. The van der Waals surface area contributed by atoms with Crippen LogP contribution in [0, 0.1) is 0 Å². The van der Waals surface area contributed by atoms with E-state index in [1.807, 2.05) is 0 Å². The number of carboxylic acid groups (broad SMARTS) is 1. The predicted molar refractivity (Wildman–Crippen MR) is 76.8 cm³/mol. The largest absolute Gasteiger partial charge is 0.476 e. The highest BCUT2D eigenvalue weighted by Gasteiger charge is 2.22. The Morgan fingerprint density at radius 2 is 2.10 bits per heavy atom. The lowest BCUT2D eigenvalue weighted by atomic mass is 10.2. The minimum absolute atomic E-state index is 0.0296. The summed E-state index contributed by atoms with van der Waals surface area (Å²) in [5.41, 5.74) is 4.22. The summed E-state index contributed by atoms with van der Waals surface area (Å²) in [4.78, 5) is 31.1. The standard InChI is InChI=1S/C12H15N3O5S/c1-6(10(18)19-12(2,3)4)20-15-8(9(16)17)7-5-21-11(13)14-7/h5H,1H2,2-4H3,(H2,13,14)(H,16,17)/b15-8-. The molecular formula is C12H15N3O5S. The van der Waals surface area contributed by atoms with E-state index in [1.165, 1.54) is 5.38 Å². The summed E-state index contributed by atoms with van der Waals surface area (Å²) in [5, 5.41) is 14.0. The lowest BCUT2D eigenvalue weighted by molar-refractivity contribution is -0.154. The van der Waals surface area contributed by atoms with Crippen LogP contribution in [0.4, 0.5) is 5.13 Å². The van der Waals surface area contributed by atoms with Crippen LogP contribution in [0.15, 0.2) is 22.9 Å². The number of anilines is 1. The van der Waals surface area contributed by atoms with Crippen LogP contribution >= 0.6 is 11.3 Å². The van der Waals surface area contributed by atoms with Gasteiger partial charge in [0.15, 0.2) is 5.13 Å². The van der Waals surface area contributed by atoms with E-state index >= 15 is 0 Å². The number of esters is 1. The molecule has 1 aromatic rings. The molecule has 21 heavy (non-hydrogen) atoms. The van der Waals surface area contributed by atoms with E-state index in [0.717, 1.165) is 11.3 Å². The molecule has 0 amide bonds. The number of carboxylic acids is 1. The first kappa shape index (κ1) is 16.6. The fraction of sp³-hybridized carbons (Fsp3) is 0.333. The predicted octanol–water partition coefficient (Wildman–Crippen LogP) is 1.39. The van der Waals surface area contributed by atoms with Gasteiger partial charge in [-0.3, -0.25) is 0 Å². The van der Waals surface area contributed by atoms with Gasteiger partial charge in [0.1, 0.15) is 11.3 Å². The molecule has 0 radical (unpaired) electrons. The molecule has 0 saturated carbocycles. The number of hydrogen-bond donors (Lipinski definition) is 2. The average molecular weight is 313 g/mol. The van der Waals surface area contributed by atoms with Gasteiger partial charge >= 0.3 is 11.9 Å². The summed E-state index contributed by atoms with van der Waals surface area (Å²) in [6.45, 7) is 8.34. The van der Waals surface area contributed by atoms with Gasteiger partial charge in [0.25, 0.3) is 0 Å². The summed E-state index contributed by atoms with van der Waals surface area (Å²) in [6, 6.07) is 0. The van der Waals surface area contributed by atoms with Crippen molar-refractivity contribution < 1.29 is 24.3 Å². The highest BCUT2D eigenvalue weighted by molar-refractivity contribution is 7.13. The Bertz CT molecular complexity index is 600. The number of thiazole rings is 1. The Hall–Kier alpha value is -2.42. The molecule has 9 heteroatoms. The first-order valence-corrected chi connectivity index (χ1v) is 6.60. The third kappa shape index (κ3) is 5.22. The fourth-order valence-electron chi connectivity index (χ4n) is 1.06.